The first-order valence-corrected chi connectivity index (χ1v) is 8.34. The molecule has 1 aromatic carbocycles. The average Bonchev–Trinajstić information content (AvgIpc) is 2.93. The molecule has 0 amide bonds. The first-order chi connectivity index (χ1) is 10.8. The Morgan fingerprint density at radius 3 is 2.73 bits per heavy atom. The molecule has 4 rings (SSSR count). The number of rotatable bonds is 3. The summed E-state index contributed by atoms with van der Waals surface area (Å²) in [6, 6.07) is 10.3. The smallest absolute Gasteiger partial charge is 0.236 e. The molecule has 0 aliphatic carbocycles. The number of hydrogen-bond donors (Lipinski definition) is 0. The Balaban J connectivity index is 1.62. The molecule has 0 saturated carbocycles. The molecule has 0 unspecified atom stereocenters. The van der Waals surface area contributed by atoms with E-state index in [0.29, 0.717) is 0 Å². The summed E-state index contributed by atoms with van der Waals surface area (Å²) in [4.78, 5) is 11.8. The van der Waals surface area contributed by atoms with Crippen LogP contribution in [0.4, 0.5) is 5.82 Å². The van der Waals surface area contributed by atoms with E-state index in [1.807, 2.05) is 18.2 Å². The minimum atomic E-state index is 0.800. The second-order valence-corrected chi connectivity index (χ2v) is 6.28. The summed E-state index contributed by atoms with van der Waals surface area (Å²) in [7, 11) is 0. The van der Waals surface area contributed by atoms with E-state index in [4.69, 9.17) is 4.98 Å². The predicted molar refractivity (Wildman–Crippen MR) is 90.3 cm³/mol. The molecule has 22 heavy (non-hydrogen) atoms. The molecular formula is C18H22N4. The van der Waals surface area contributed by atoms with Crippen LogP contribution in [0.2, 0.25) is 0 Å². The lowest BCUT2D eigenvalue weighted by atomic mass is 9.92. The summed E-state index contributed by atoms with van der Waals surface area (Å²) in [5, 5.41) is 0. The van der Waals surface area contributed by atoms with E-state index >= 15 is 0 Å². The molecule has 114 valence electrons. The van der Waals surface area contributed by atoms with Crippen LogP contribution in [0, 0.1) is 5.92 Å². The fourth-order valence-electron chi connectivity index (χ4n) is 3.57. The molecule has 0 bridgehead atoms. The van der Waals surface area contributed by atoms with Crippen LogP contribution in [0.25, 0.3) is 16.8 Å². The zero-order valence-electron chi connectivity index (χ0n) is 13.1. The molecule has 0 radical (unpaired) electrons. The van der Waals surface area contributed by atoms with E-state index in [2.05, 4.69) is 39.5 Å². The highest BCUT2D eigenvalue weighted by Gasteiger charge is 2.20. The molecule has 4 heteroatoms. The number of aromatic nitrogens is 3. The van der Waals surface area contributed by atoms with Gasteiger partial charge in [-0.1, -0.05) is 31.9 Å². The van der Waals surface area contributed by atoms with Gasteiger partial charge in [-0.05, 0) is 37.0 Å². The fraction of sp³-hybridized carbons (Fsp3) is 0.444. The molecule has 0 atom stereocenters. The van der Waals surface area contributed by atoms with Crippen LogP contribution in [0.5, 0.6) is 0 Å². The zero-order chi connectivity index (χ0) is 14.9. The van der Waals surface area contributed by atoms with Crippen molar-refractivity contribution >= 4 is 22.6 Å². The lowest BCUT2D eigenvalue weighted by Crippen LogP contribution is -2.34. The van der Waals surface area contributed by atoms with Gasteiger partial charge in [0.05, 0.1) is 11.0 Å². The van der Waals surface area contributed by atoms with Crippen molar-refractivity contribution in [1.29, 1.82) is 0 Å². The van der Waals surface area contributed by atoms with E-state index in [0.717, 1.165) is 41.6 Å². The van der Waals surface area contributed by atoms with Crippen molar-refractivity contribution in [2.45, 2.75) is 32.6 Å². The standard InChI is InChI=1S/C18H22N4/c1-2-5-14-8-11-21(12-9-14)17-10-13-22-16-7-4-3-6-15(16)19-18(22)20-17/h3-4,6-7,10,13-14H,2,5,8-9,11-12H2,1H3. The highest BCUT2D eigenvalue weighted by atomic mass is 15.2. The topological polar surface area (TPSA) is 33.4 Å². The third kappa shape index (κ3) is 2.32. The van der Waals surface area contributed by atoms with E-state index in [1.54, 1.807) is 0 Å². The van der Waals surface area contributed by atoms with Crippen molar-refractivity contribution < 1.29 is 0 Å². The second kappa shape index (κ2) is 5.59. The maximum Gasteiger partial charge on any atom is 0.236 e. The third-order valence-corrected chi connectivity index (χ3v) is 4.80. The van der Waals surface area contributed by atoms with Crippen LogP contribution < -0.4 is 4.90 Å². The highest BCUT2D eigenvalue weighted by molar-refractivity contribution is 5.79. The van der Waals surface area contributed by atoms with E-state index in [-0.39, 0.29) is 0 Å². The van der Waals surface area contributed by atoms with Crippen LogP contribution in [-0.4, -0.2) is 27.5 Å². The van der Waals surface area contributed by atoms with E-state index in [1.165, 1.54) is 25.7 Å². The Kier molecular flexibility index (Phi) is 3.45. The van der Waals surface area contributed by atoms with E-state index in [9.17, 15) is 0 Å². The molecular weight excluding hydrogens is 272 g/mol. The molecule has 0 N–H and O–H groups in total. The van der Waals surface area contributed by atoms with Crippen LogP contribution >= 0.6 is 0 Å². The van der Waals surface area contributed by atoms with Crippen molar-refractivity contribution in [3.05, 3.63) is 36.5 Å². The summed E-state index contributed by atoms with van der Waals surface area (Å²) in [6.07, 6.45) is 7.35. The number of imidazole rings is 1. The Morgan fingerprint density at radius 1 is 1.09 bits per heavy atom. The number of para-hydroxylation sites is 2. The van der Waals surface area contributed by atoms with Gasteiger partial charge in [-0.25, -0.2) is 4.98 Å². The average molecular weight is 294 g/mol. The lowest BCUT2D eigenvalue weighted by molar-refractivity contribution is 0.377. The minimum absolute atomic E-state index is 0.800. The van der Waals surface area contributed by atoms with Crippen molar-refractivity contribution in [3.8, 4) is 0 Å². The number of anilines is 1. The Hall–Kier alpha value is -2.10. The van der Waals surface area contributed by atoms with Crippen molar-refractivity contribution in [3.63, 3.8) is 0 Å². The lowest BCUT2D eigenvalue weighted by Gasteiger charge is -2.32. The van der Waals surface area contributed by atoms with Gasteiger partial charge in [0.25, 0.3) is 0 Å². The SMILES string of the molecule is CCCC1CCN(c2ccn3c(n2)nc2ccccc23)CC1. The normalized spacial score (nSPS) is 16.7. The molecule has 1 saturated heterocycles. The number of hydrogen-bond acceptors (Lipinski definition) is 3. The van der Waals surface area contributed by atoms with Gasteiger partial charge >= 0.3 is 0 Å². The quantitative estimate of drug-likeness (QED) is 0.734. The van der Waals surface area contributed by atoms with Crippen molar-refractivity contribution in [2.24, 2.45) is 5.92 Å². The molecule has 1 fully saturated rings. The van der Waals surface area contributed by atoms with Gasteiger partial charge in [-0.3, -0.25) is 4.40 Å². The predicted octanol–water partition coefficient (Wildman–Crippen LogP) is 3.90. The largest absolute Gasteiger partial charge is 0.356 e. The number of fused-ring (bicyclic) bond motifs is 3. The van der Waals surface area contributed by atoms with Crippen LogP contribution in [0.15, 0.2) is 36.5 Å². The molecule has 2 aromatic heterocycles. The molecule has 4 nitrogen and oxygen atoms in total. The van der Waals surface area contributed by atoms with Gasteiger partial charge in [0.2, 0.25) is 5.78 Å². The highest BCUT2D eigenvalue weighted by Crippen LogP contribution is 2.25. The second-order valence-electron chi connectivity index (χ2n) is 6.28. The zero-order valence-corrected chi connectivity index (χ0v) is 13.1. The summed E-state index contributed by atoms with van der Waals surface area (Å²) in [5.74, 6) is 2.77. The Bertz CT molecular complexity index is 784. The monoisotopic (exact) mass is 294 g/mol. The van der Waals surface area contributed by atoms with Gasteiger partial charge in [-0.15, -0.1) is 0 Å². The summed E-state index contributed by atoms with van der Waals surface area (Å²) >= 11 is 0. The van der Waals surface area contributed by atoms with Crippen LogP contribution in [0.1, 0.15) is 32.6 Å². The van der Waals surface area contributed by atoms with Crippen molar-refractivity contribution in [2.75, 3.05) is 18.0 Å². The maximum atomic E-state index is 4.78. The Labute approximate surface area is 130 Å². The summed E-state index contributed by atoms with van der Waals surface area (Å²) in [5.41, 5.74) is 2.13. The maximum absolute atomic E-state index is 4.78. The summed E-state index contributed by atoms with van der Waals surface area (Å²) in [6.45, 7) is 4.52. The van der Waals surface area contributed by atoms with Gasteiger partial charge in [0, 0.05) is 19.3 Å². The number of piperidine rings is 1. The first-order valence-electron chi connectivity index (χ1n) is 8.34. The summed E-state index contributed by atoms with van der Waals surface area (Å²) < 4.78 is 2.07. The van der Waals surface area contributed by atoms with Gasteiger partial charge in [0.15, 0.2) is 0 Å². The third-order valence-electron chi connectivity index (χ3n) is 4.80. The molecule has 1 aliphatic heterocycles. The first kappa shape index (κ1) is 13.6. The number of nitrogens with zero attached hydrogens (tertiary/aromatic N) is 4. The Morgan fingerprint density at radius 2 is 1.91 bits per heavy atom. The molecule has 3 aromatic rings. The minimum Gasteiger partial charge on any atom is -0.356 e. The van der Waals surface area contributed by atoms with Gasteiger partial charge in [0.1, 0.15) is 5.82 Å². The molecule has 0 spiro atoms. The van der Waals surface area contributed by atoms with Crippen molar-refractivity contribution in [1.82, 2.24) is 14.4 Å². The molecule has 1 aliphatic rings. The molecule has 3 heterocycles. The van der Waals surface area contributed by atoms with E-state index < -0.39 is 0 Å². The van der Waals surface area contributed by atoms with Gasteiger partial charge < -0.3 is 4.90 Å². The van der Waals surface area contributed by atoms with Crippen LogP contribution in [0.3, 0.4) is 0 Å². The number of benzene rings is 1. The van der Waals surface area contributed by atoms with Gasteiger partial charge in [-0.2, -0.15) is 4.98 Å². The van der Waals surface area contributed by atoms with Crippen LogP contribution in [-0.2, 0) is 0 Å². The fourth-order valence-corrected chi connectivity index (χ4v) is 3.57.